The van der Waals surface area contributed by atoms with Crippen LogP contribution < -0.4 is 5.32 Å². The van der Waals surface area contributed by atoms with Gasteiger partial charge in [-0.1, -0.05) is 0 Å². The summed E-state index contributed by atoms with van der Waals surface area (Å²) in [5, 5.41) is 2.60. The lowest BCUT2D eigenvalue weighted by molar-refractivity contribution is 0.0366. The molecule has 0 aliphatic heterocycles. The molecule has 0 aromatic carbocycles. The zero-order chi connectivity index (χ0) is 16.9. The van der Waals surface area contributed by atoms with Crippen molar-refractivity contribution in [2.24, 2.45) is 0 Å². The van der Waals surface area contributed by atoms with Crippen LogP contribution >= 0.6 is 15.9 Å². The number of rotatable bonds is 4. The molecule has 1 aromatic heterocycles. The summed E-state index contributed by atoms with van der Waals surface area (Å²) in [5.74, 6) is -0.525. The molecule has 6 nitrogen and oxygen atoms in total. The molecular weight excluding hydrogens is 352 g/mol. The fraction of sp³-hybridized carbons (Fsp3) is 0.533. The van der Waals surface area contributed by atoms with E-state index >= 15 is 0 Å². The number of amides is 1. The number of aromatic nitrogens is 1. The minimum absolute atomic E-state index is 0.115. The topological polar surface area (TPSA) is 77.5 Å². The van der Waals surface area contributed by atoms with E-state index in [0.29, 0.717) is 10.0 Å². The lowest BCUT2D eigenvalue weighted by Crippen LogP contribution is -2.32. The van der Waals surface area contributed by atoms with Gasteiger partial charge in [-0.3, -0.25) is 0 Å². The number of esters is 1. The Kier molecular flexibility index (Phi) is 6.34. The number of pyridine rings is 1. The number of hydrogen-bond donors (Lipinski definition) is 1. The molecule has 22 heavy (non-hydrogen) atoms. The molecule has 0 aliphatic carbocycles. The van der Waals surface area contributed by atoms with E-state index in [-0.39, 0.29) is 18.3 Å². The average molecular weight is 373 g/mol. The number of ether oxygens (including phenoxy) is 2. The molecule has 1 amide bonds. The third-order valence-electron chi connectivity index (χ3n) is 2.29. The molecule has 1 heterocycles. The zero-order valence-electron chi connectivity index (χ0n) is 13.4. The summed E-state index contributed by atoms with van der Waals surface area (Å²) < 4.78 is 11.0. The van der Waals surface area contributed by atoms with Gasteiger partial charge in [0.25, 0.3) is 0 Å². The van der Waals surface area contributed by atoms with Gasteiger partial charge in [-0.05, 0) is 56.6 Å². The summed E-state index contributed by atoms with van der Waals surface area (Å²) >= 11 is 3.29. The van der Waals surface area contributed by atoms with Crippen LogP contribution in [0.4, 0.5) is 4.79 Å². The summed E-state index contributed by atoms with van der Waals surface area (Å²) in [7, 11) is 0. The summed E-state index contributed by atoms with van der Waals surface area (Å²) in [6, 6.07) is 1.71. The molecule has 0 unspecified atom stereocenters. The van der Waals surface area contributed by atoms with Gasteiger partial charge in [0.05, 0.1) is 6.10 Å². The first-order chi connectivity index (χ1) is 10.1. The molecule has 0 radical (unpaired) electrons. The normalized spacial score (nSPS) is 11.2. The molecule has 7 heteroatoms. The second-order valence-corrected chi connectivity index (χ2v) is 6.89. The standard InChI is InChI=1S/C15H21BrN2O4/c1-9(2)21-13(19)12-10(6-11(16)8-17-12)7-18-14(20)22-15(3,4)5/h6,8-9H,7H2,1-5H3,(H,18,20). The van der Waals surface area contributed by atoms with Crippen molar-refractivity contribution in [2.75, 3.05) is 0 Å². The van der Waals surface area contributed by atoms with E-state index in [1.165, 1.54) is 6.20 Å². The smallest absolute Gasteiger partial charge is 0.407 e. The first-order valence-electron chi connectivity index (χ1n) is 6.90. The molecule has 0 spiro atoms. The molecule has 0 aliphatic rings. The van der Waals surface area contributed by atoms with E-state index in [1.54, 1.807) is 40.7 Å². The van der Waals surface area contributed by atoms with Gasteiger partial charge in [0, 0.05) is 22.8 Å². The van der Waals surface area contributed by atoms with Crippen molar-refractivity contribution in [3.8, 4) is 0 Å². The molecule has 1 N–H and O–H groups in total. The molecule has 122 valence electrons. The maximum absolute atomic E-state index is 12.0. The van der Waals surface area contributed by atoms with Crippen LogP contribution in [0, 0.1) is 0 Å². The van der Waals surface area contributed by atoms with Crippen LogP contribution in [0.5, 0.6) is 0 Å². The summed E-state index contributed by atoms with van der Waals surface area (Å²) in [4.78, 5) is 27.8. The number of halogens is 1. The Balaban J connectivity index is 2.83. The highest BCUT2D eigenvalue weighted by molar-refractivity contribution is 9.10. The lowest BCUT2D eigenvalue weighted by atomic mass is 10.2. The predicted octanol–water partition coefficient (Wildman–Crippen LogP) is 3.43. The number of nitrogens with zero attached hydrogens (tertiary/aromatic N) is 1. The largest absolute Gasteiger partial charge is 0.458 e. The number of hydrogen-bond acceptors (Lipinski definition) is 5. The molecular formula is C15H21BrN2O4. The van der Waals surface area contributed by atoms with Crippen LogP contribution in [0.2, 0.25) is 0 Å². The predicted molar refractivity (Wildman–Crippen MR) is 85.6 cm³/mol. The minimum atomic E-state index is -0.584. The summed E-state index contributed by atoms with van der Waals surface area (Å²) in [6.45, 7) is 8.96. The monoisotopic (exact) mass is 372 g/mol. The van der Waals surface area contributed by atoms with Crippen molar-refractivity contribution in [1.82, 2.24) is 10.3 Å². The van der Waals surface area contributed by atoms with Crippen LogP contribution in [0.25, 0.3) is 0 Å². The third kappa shape index (κ3) is 6.43. The van der Waals surface area contributed by atoms with E-state index in [2.05, 4.69) is 26.2 Å². The van der Waals surface area contributed by atoms with Gasteiger partial charge < -0.3 is 14.8 Å². The maximum Gasteiger partial charge on any atom is 0.407 e. The van der Waals surface area contributed by atoms with Gasteiger partial charge in [0.2, 0.25) is 0 Å². The highest BCUT2D eigenvalue weighted by atomic mass is 79.9. The van der Waals surface area contributed by atoms with E-state index in [1.807, 2.05) is 0 Å². The summed E-state index contributed by atoms with van der Waals surface area (Å²) in [5.41, 5.74) is 0.137. The number of carbonyl (C=O) groups is 2. The van der Waals surface area contributed by atoms with Crippen LogP contribution in [0.3, 0.4) is 0 Å². The van der Waals surface area contributed by atoms with Gasteiger partial charge in [-0.2, -0.15) is 0 Å². The van der Waals surface area contributed by atoms with E-state index in [0.717, 1.165) is 0 Å². The van der Waals surface area contributed by atoms with Crippen molar-refractivity contribution in [1.29, 1.82) is 0 Å². The van der Waals surface area contributed by atoms with Gasteiger partial charge in [-0.25, -0.2) is 14.6 Å². The van der Waals surface area contributed by atoms with E-state index < -0.39 is 17.7 Å². The average Bonchev–Trinajstić information content (AvgIpc) is 2.33. The van der Waals surface area contributed by atoms with Gasteiger partial charge in [0.15, 0.2) is 5.69 Å². The fourth-order valence-electron chi connectivity index (χ4n) is 1.55. The summed E-state index contributed by atoms with van der Waals surface area (Å²) in [6.07, 6.45) is 0.703. The SMILES string of the molecule is CC(C)OC(=O)c1ncc(Br)cc1CNC(=O)OC(C)(C)C. The molecule has 0 fully saturated rings. The van der Waals surface area contributed by atoms with E-state index in [4.69, 9.17) is 9.47 Å². The second kappa shape index (κ2) is 7.58. The number of carbonyl (C=O) groups excluding carboxylic acids is 2. The van der Waals surface area contributed by atoms with Crippen molar-refractivity contribution in [2.45, 2.75) is 52.9 Å². The van der Waals surface area contributed by atoms with Crippen LogP contribution in [-0.2, 0) is 16.0 Å². The van der Waals surface area contributed by atoms with Crippen molar-refractivity contribution >= 4 is 28.0 Å². The van der Waals surface area contributed by atoms with Crippen LogP contribution in [-0.4, -0.2) is 28.8 Å². The first kappa shape index (κ1) is 18.4. The van der Waals surface area contributed by atoms with Gasteiger partial charge in [0.1, 0.15) is 5.60 Å². The Hall–Kier alpha value is -1.63. The molecule has 0 saturated carbocycles. The number of alkyl carbamates (subject to hydrolysis) is 1. The van der Waals surface area contributed by atoms with Crippen molar-refractivity contribution in [3.05, 3.63) is 28.0 Å². The minimum Gasteiger partial charge on any atom is -0.458 e. The first-order valence-corrected chi connectivity index (χ1v) is 7.70. The zero-order valence-corrected chi connectivity index (χ0v) is 15.0. The van der Waals surface area contributed by atoms with Gasteiger partial charge >= 0.3 is 12.1 Å². The molecule has 1 rings (SSSR count). The number of nitrogens with one attached hydrogen (secondary N) is 1. The van der Waals surface area contributed by atoms with Crippen LogP contribution in [0.1, 0.15) is 50.7 Å². The highest BCUT2D eigenvalue weighted by Gasteiger charge is 2.19. The maximum atomic E-state index is 12.0. The third-order valence-corrected chi connectivity index (χ3v) is 2.73. The quantitative estimate of drug-likeness (QED) is 0.819. The molecule has 0 atom stereocenters. The molecule has 1 aromatic rings. The highest BCUT2D eigenvalue weighted by Crippen LogP contribution is 2.16. The Morgan fingerprint density at radius 2 is 2.00 bits per heavy atom. The Morgan fingerprint density at radius 1 is 1.36 bits per heavy atom. The van der Waals surface area contributed by atoms with Crippen molar-refractivity contribution in [3.63, 3.8) is 0 Å². The van der Waals surface area contributed by atoms with Gasteiger partial charge in [-0.15, -0.1) is 0 Å². The van der Waals surface area contributed by atoms with E-state index in [9.17, 15) is 9.59 Å². The molecule has 0 bridgehead atoms. The lowest BCUT2D eigenvalue weighted by Gasteiger charge is -2.20. The Morgan fingerprint density at radius 3 is 2.55 bits per heavy atom. The molecule has 0 saturated heterocycles. The Bertz CT molecular complexity index is 553. The Labute approximate surface area is 138 Å². The van der Waals surface area contributed by atoms with Crippen molar-refractivity contribution < 1.29 is 19.1 Å². The second-order valence-electron chi connectivity index (χ2n) is 5.97. The van der Waals surface area contributed by atoms with Crippen LogP contribution in [0.15, 0.2) is 16.7 Å². The fourth-order valence-corrected chi connectivity index (χ4v) is 1.93.